The first-order valence-corrected chi connectivity index (χ1v) is 5.43. The molecule has 1 aromatic heterocycles. The molecule has 0 aliphatic heterocycles. The molecule has 1 N–H and O–H groups in total. The molecule has 1 aliphatic carbocycles. The summed E-state index contributed by atoms with van der Waals surface area (Å²) in [5.74, 6) is 0.783. The van der Waals surface area contributed by atoms with Gasteiger partial charge in [0.05, 0.1) is 0 Å². The van der Waals surface area contributed by atoms with Crippen molar-refractivity contribution < 1.29 is 0 Å². The smallest absolute Gasteiger partial charge is 0.0463 e. The van der Waals surface area contributed by atoms with Crippen LogP contribution in [0.5, 0.6) is 0 Å². The fraction of sp³-hybridized carbons (Fsp3) is 0.385. The second-order valence-electron chi connectivity index (χ2n) is 4.18. The molecular formula is C13H14N. The molecule has 0 unspecified atom stereocenters. The van der Waals surface area contributed by atoms with Gasteiger partial charge in [0.2, 0.25) is 0 Å². The highest BCUT2D eigenvalue weighted by atomic mass is 14.7. The van der Waals surface area contributed by atoms with Crippen LogP contribution in [-0.2, 0) is 0 Å². The average molecular weight is 184 g/mol. The number of benzene rings is 1. The van der Waals surface area contributed by atoms with Crippen molar-refractivity contribution in [2.24, 2.45) is 0 Å². The molecule has 1 fully saturated rings. The predicted octanol–water partition coefficient (Wildman–Crippen LogP) is 3.63. The summed E-state index contributed by atoms with van der Waals surface area (Å²) in [6.45, 7) is 0. The monoisotopic (exact) mass is 184 g/mol. The van der Waals surface area contributed by atoms with Gasteiger partial charge in [0.1, 0.15) is 0 Å². The summed E-state index contributed by atoms with van der Waals surface area (Å²) in [7, 11) is 0. The van der Waals surface area contributed by atoms with Gasteiger partial charge < -0.3 is 4.98 Å². The van der Waals surface area contributed by atoms with E-state index in [9.17, 15) is 0 Å². The molecule has 1 aliphatic rings. The van der Waals surface area contributed by atoms with Gasteiger partial charge in [-0.05, 0) is 30.4 Å². The summed E-state index contributed by atoms with van der Waals surface area (Å²) in [4.78, 5) is 3.23. The van der Waals surface area contributed by atoms with Gasteiger partial charge in [0, 0.05) is 23.2 Å². The minimum Gasteiger partial charge on any atom is -0.361 e. The first kappa shape index (κ1) is 8.10. The molecule has 1 heteroatoms. The van der Waals surface area contributed by atoms with Gasteiger partial charge in [-0.3, -0.25) is 0 Å². The van der Waals surface area contributed by atoms with E-state index in [1.54, 1.807) is 0 Å². The number of rotatable bonds is 1. The van der Waals surface area contributed by atoms with Crippen molar-refractivity contribution in [2.75, 3.05) is 0 Å². The highest BCUT2D eigenvalue weighted by molar-refractivity contribution is 5.82. The van der Waals surface area contributed by atoms with Gasteiger partial charge >= 0.3 is 0 Å². The van der Waals surface area contributed by atoms with E-state index in [0.717, 1.165) is 5.92 Å². The van der Waals surface area contributed by atoms with Gasteiger partial charge in [0.25, 0.3) is 0 Å². The van der Waals surface area contributed by atoms with Gasteiger partial charge in [-0.15, -0.1) is 0 Å². The minimum atomic E-state index is 0.783. The summed E-state index contributed by atoms with van der Waals surface area (Å²) >= 11 is 0. The van der Waals surface area contributed by atoms with E-state index in [1.807, 2.05) is 6.20 Å². The molecule has 2 aromatic rings. The molecule has 0 bridgehead atoms. The average Bonchev–Trinajstić information content (AvgIpc) is 2.88. The molecule has 71 valence electrons. The molecule has 1 saturated carbocycles. The van der Waals surface area contributed by atoms with Crippen molar-refractivity contribution in [1.82, 2.24) is 4.98 Å². The maximum absolute atomic E-state index is 3.31. The van der Waals surface area contributed by atoms with E-state index in [-0.39, 0.29) is 0 Å². The van der Waals surface area contributed by atoms with Crippen molar-refractivity contribution in [2.45, 2.75) is 31.6 Å². The fourth-order valence-corrected chi connectivity index (χ4v) is 2.61. The maximum atomic E-state index is 3.31. The lowest BCUT2D eigenvalue weighted by atomic mass is 9.95. The standard InChI is InChI=1S/C13H14N/c1-2-5-10(4-1)11-6-3-7-13-12(11)8-9-14-13/h3,6-7,9-10,14H,1-2,4-5H2. The summed E-state index contributed by atoms with van der Waals surface area (Å²) in [5, 5.41) is 1.31. The molecule has 0 spiro atoms. The molecule has 0 atom stereocenters. The lowest BCUT2D eigenvalue weighted by molar-refractivity contribution is 0.729. The summed E-state index contributed by atoms with van der Waals surface area (Å²) in [6.07, 6.45) is 7.43. The third-order valence-electron chi connectivity index (χ3n) is 3.34. The van der Waals surface area contributed by atoms with Crippen LogP contribution in [-0.4, -0.2) is 4.98 Å². The number of hydrogen-bond acceptors (Lipinski definition) is 0. The Kier molecular flexibility index (Phi) is 1.83. The van der Waals surface area contributed by atoms with Gasteiger partial charge in [-0.1, -0.05) is 25.0 Å². The van der Waals surface area contributed by atoms with E-state index in [4.69, 9.17) is 0 Å². The third-order valence-corrected chi connectivity index (χ3v) is 3.34. The van der Waals surface area contributed by atoms with Crippen LogP contribution < -0.4 is 0 Å². The molecule has 1 nitrogen and oxygen atoms in total. The van der Waals surface area contributed by atoms with E-state index in [2.05, 4.69) is 29.2 Å². The Hall–Kier alpha value is -1.24. The van der Waals surface area contributed by atoms with Crippen LogP contribution >= 0.6 is 0 Å². The third kappa shape index (κ3) is 1.16. The van der Waals surface area contributed by atoms with Crippen molar-refractivity contribution in [1.29, 1.82) is 0 Å². The highest BCUT2D eigenvalue weighted by Crippen LogP contribution is 2.37. The lowest BCUT2D eigenvalue weighted by Gasteiger charge is -2.10. The molecule has 1 heterocycles. The van der Waals surface area contributed by atoms with E-state index >= 15 is 0 Å². The maximum Gasteiger partial charge on any atom is 0.0463 e. The number of aromatic nitrogens is 1. The van der Waals surface area contributed by atoms with Crippen LogP contribution in [0.1, 0.15) is 37.2 Å². The topological polar surface area (TPSA) is 15.8 Å². The Balaban J connectivity index is 2.14. The molecule has 14 heavy (non-hydrogen) atoms. The van der Waals surface area contributed by atoms with Gasteiger partial charge in [-0.25, -0.2) is 0 Å². The quantitative estimate of drug-likeness (QED) is 0.696. The van der Waals surface area contributed by atoms with Crippen LogP contribution in [0.15, 0.2) is 24.4 Å². The number of aromatic amines is 1. The number of H-pyrrole nitrogens is 1. The first-order chi connectivity index (χ1) is 6.95. The molecule has 0 saturated heterocycles. The Morgan fingerprint density at radius 1 is 1.21 bits per heavy atom. The van der Waals surface area contributed by atoms with Crippen LogP contribution in [0.25, 0.3) is 10.9 Å². The summed E-state index contributed by atoms with van der Waals surface area (Å²) in [5.41, 5.74) is 2.73. The molecular weight excluding hydrogens is 170 g/mol. The molecule has 1 radical (unpaired) electrons. The molecule has 3 rings (SSSR count). The second-order valence-corrected chi connectivity index (χ2v) is 4.18. The Labute approximate surface area is 84.1 Å². The van der Waals surface area contributed by atoms with Crippen LogP contribution in [0.3, 0.4) is 0 Å². The number of fused-ring (bicyclic) bond motifs is 1. The van der Waals surface area contributed by atoms with Crippen molar-refractivity contribution >= 4 is 10.9 Å². The fourth-order valence-electron chi connectivity index (χ4n) is 2.61. The largest absolute Gasteiger partial charge is 0.361 e. The van der Waals surface area contributed by atoms with Crippen LogP contribution in [0.4, 0.5) is 0 Å². The zero-order valence-corrected chi connectivity index (χ0v) is 8.22. The Bertz CT molecular complexity index is 435. The van der Waals surface area contributed by atoms with Crippen molar-refractivity contribution in [3.63, 3.8) is 0 Å². The summed E-state index contributed by atoms with van der Waals surface area (Å²) in [6, 6.07) is 9.86. The first-order valence-electron chi connectivity index (χ1n) is 5.43. The van der Waals surface area contributed by atoms with Crippen molar-refractivity contribution in [3.8, 4) is 0 Å². The Morgan fingerprint density at radius 3 is 2.93 bits per heavy atom. The van der Waals surface area contributed by atoms with E-state index < -0.39 is 0 Å². The Morgan fingerprint density at radius 2 is 2.07 bits per heavy atom. The van der Waals surface area contributed by atoms with Gasteiger partial charge in [-0.2, -0.15) is 0 Å². The van der Waals surface area contributed by atoms with Crippen molar-refractivity contribution in [3.05, 3.63) is 36.0 Å². The second kappa shape index (κ2) is 3.16. The number of nitrogens with one attached hydrogen (secondary N) is 1. The SMILES string of the molecule is [c]1c[nH]c2cccc(C3CCCC3)c12. The minimum absolute atomic E-state index is 0.783. The molecule has 0 amide bonds. The number of hydrogen-bond donors (Lipinski definition) is 1. The van der Waals surface area contributed by atoms with Crippen LogP contribution in [0, 0.1) is 6.07 Å². The van der Waals surface area contributed by atoms with E-state index in [1.165, 1.54) is 42.1 Å². The highest BCUT2D eigenvalue weighted by Gasteiger charge is 2.18. The van der Waals surface area contributed by atoms with E-state index in [0.29, 0.717) is 0 Å². The lowest BCUT2D eigenvalue weighted by Crippen LogP contribution is -1.92. The zero-order chi connectivity index (χ0) is 9.38. The normalized spacial score (nSPS) is 18.0. The van der Waals surface area contributed by atoms with Crippen LogP contribution in [0.2, 0.25) is 0 Å². The summed E-state index contributed by atoms with van der Waals surface area (Å²) < 4.78 is 0. The molecule has 1 aromatic carbocycles. The van der Waals surface area contributed by atoms with Gasteiger partial charge in [0.15, 0.2) is 0 Å². The predicted molar refractivity (Wildman–Crippen MR) is 58.3 cm³/mol. The zero-order valence-electron chi connectivity index (χ0n) is 8.22.